The van der Waals surface area contributed by atoms with Crippen LogP contribution in [0.5, 0.6) is 0 Å². The molecule has 0 aromatic carbocycles. The van der Waals surface area contributed by atoms with E-state index in [4.69, 9.17) is 10.7 Å². The maximum atomic E-state index is 11.3. The van der Waals surface area contributed by atoms with E-state index in [9.17, 15) is 8.42 Å². The Labute approximate surface area is 90.4 Å². The fourth-order valence-corrected chi connectivity index (χ4v) is 4.20. The van der Waals surface area contributed by atoms with Crippen molar-refractivity contribution in [3.05, 3.63) is 0 Å². The van der Waals surface area contributed by atoms with Gasteiger partial charge >= 0.3 is 0 Å². The summed E-state index contributed by atoms with van der Waals surface area (Å²) in [5, 5.41) is 0. The lowest BCUT2D eigenvalue weighted by atomic mass is 10.1. The lowest BCUT2D eigenvalue weighted by Crippen LogP contribution is -2.44. The highest BCUT2D eigenvalue weighted by atomic mass is 32.2. The Kier molecular flexibility index (Phi) is 3.30. The SMILES string of the molecule is NOC1CCN(C2CCS(=O)(=O)C2)CC1. The summed E-state index contributed by atoms with van der Waals surface area (Å²) in [4.78, 5) is 7.06. The molecule has 2 aliphatic rings. The number of sulfone groups is 1. The molecule has 1 unspecified atom stereocenters. The molecule has 0 spiro atoms. The van der Waals surface area contributed by atoms with E-state index in [2.05, 4.69) is 4.90 Å². The first-order chi connectivity index (χ1) is 7.11. The molecule has 0 aliphatic carbocycles. The van der Waals surface area contributed by atoms with Gasteiger partial charge in [-0.2, -0.15) is 0 Å². The molecule has 2 N–H and O–H groups in total. The molecule has 88 valence electrons. The van der Waals surface area contributed by atoms with Crippen LogP contribution in [-0.4, -0.2) is 50.1 Å². The Bertz CT molecular complexity index is 309. The highest BCUT2D eigenvalue weighted by molar-refractivity contribution is 7.91. The highest BCUT2D eigenvalue weighted by Crippen LogP contribution is 2.22. The average Bonchev–Trinajstić information content (AvgIpc) is 2.59. The van der Waals surface area contributed by atoms with Crippen molar-refractivity contribution in [2.24, 2.45) is 5.90 Å². The third-order valence-corrected chi connectivity index (χ3v) is 5.14. The van der Waals surface area contributed by atoms with Gasteiger partial charge in [0.25, 0.3) is 0 Å². The smallest absolute Gasteiger partial charge is 0.151 e. The number of nitrogens with zero attached hydrogens (tertiary/aromatic N) is 1. The molecule has 0 aromatic heterocycles. The lowest BCUT2D eigenvalue weighted by molar-refractivity contribution is -0.000592. The van der Waals surface area contributed by atoms with Crippen molar-refractivity contribution >= 4 is 9.84 Å². The second-order valence-corrected chi connectivity index (χ2v) is 6.66. The molecule has 1 atom stereocenters. The Morgan fingerprint density at radius 2 is 1.87 bits per heavy atom. The van der Waals surface area contributed by atoms with Crippen molar-refractivity contribution in [2.45, 2.75) is 31.4 Å². The largest absolute Gasteiger partial charge is 0.301 e. The van der Waals surface area contributed by atoms with Crippen LogP contribution in [0.4, 0.5) is 0 Å². The zero-order valence-corrected chi connectivity index (χ0v) is 9.58. The van der Waals surface area contributed by atoms with E-state index in [0.717, 1.165) is 32.4 Å². The Hall–Kier alpha value is -0.170. The van der Waals surface area contributed by atoms with Crippen LogP contribution in [0.1, 0.15) is 19.3 Å². The molecule has 2 saturated heterocycles. The van der Waals surface area contributed by atoms with Crippen LogP contribution in [0.25, 0.3) is 0 Å². The van der Waals surface area contributed by atoms with Gasteiger partial charge < -0.3 is 4.84 Å². The summed E-state index contributed by atoms with van der Waals surface area (Å²) in [5.74, 6) is 5.82. The van der Waals surface area contributed by atoms with Gasteiger partial charge in [0.15, 0.2) is 9.84 Å². The minimum atomic E-state index is -2.76. The third kappa shape index (κ3) is 2.69. The van der Waals surface area contributed by atoms with Gasteiger partial charge in [0.1, 0.15) is 0 Å². The van der Waals surface area contributed by atoms with Crippen molar-refractivity contribution in [1.29, 1.82) is 0 Å². The zero-order valence-electron chi connectivity index (χ0n) is 8.76. The number of hydrogen-bond donors (Lipinski definition) is 1. The Balaban J connectivity index is 1.87. The fraction of sp³-hybridized carbons (Fsp3) is 1.00. The van der Waals surface area contributed by atoms with E-state index in [1.54, 1.807) is 0 Å². The maximum absolute atomic E-state index is 11.3. The number of piperidine rings is 1. The third-order valence-electron chi connectivity index (χ3n) is 3.39. The van der Waals surface area contributed by atoms with Crippen LogP contribution >= 0.6 is 0 Å². The van der Waals surface area contributed by atoms with E-state index in [1.807, 2.05) is 0 Å². The quantitative estimate of drug-likeness (QED) is 0.654. The predicted molar refractivity (Wildman–Crippen MR) is 56.9 cm³/mol. The molecule has 0 aromatic rings. The van der Waals surface area contributed by atoms with E-state index in [1.165, 1.54) is 0 Å². The Morgan fingerprint density at radius 3 is 2.33 bits per heavy atom. The second kappa shape index (κ2) is 4.37. The molecule has 2 heterocycles. The molecular formula is C9H18N2O3S. The molecule has 6 heteroatoms. The van der Waals surface area contributed by atoms with Crippen molar-refractivity contribution in [2.75, 3.05) is 24.6 Å². The first kappa shape index (κ1) is 11.3. The standard InChI is InChI=1S/C9H18N2O3S/c10-14-9-1-4-11(5-2-9)8-3-6-15(12,13)7-8/h8-9H,1-7,10H2. The topological polar surface area (TPSA) is 72.6 Å². The van der Waals surface area contributed by atoms with Gasteiger partial charge in [-0.05, 0) is 19.3 Å². The summed E-state index contributed by atoms with van der Waals surface area (Å²) < 4.78 is 22.7. The van der Waals surface area contributed by atoms with E-state index >= 15 is 0 Å². The van der Waals surface area contributed by atoms with Gasteiger partial charge in [0.05, 0.1) is 17.6 Å². The maximum Gasteiger partial charge on any atom is 0.151 e. The molecule has 2 rings (SSSR count). The molecule has 15 heavy (non-hydrogen) atoms. The summed E-state index contributed by atoms with van der Waals surface area (Å²) in [6.07, 6.45) is 2.76. The highest BCUT2D eigenvalue weighted by Gasteiger charge is 2.33. The average molecular weight is 234 g/mol. The molecule has 2 fully saturated rings. The molecule has 0 bridgehead atoms. The number of hydrogen-bond acceptors (Lipinski definition) is 5. The monoisotopic (exact) mass is 234 g/mol. The summed E-state index contributed by atoms with van der Waals surface area (Å²) in [7, 11) is -2.76. The van der Waals surface area contributed by atoms with Crippen LogP contribution < -0.4 is 5.90 Å². The van der Waals surface area contributed by atoms with E-state index in [0.29, 0.717) is 11.5 Å². The normalized spacial score (nSPS) is 33.3. The van der Waals surface area contributed by atoms with Crippen LogP contribution in [-0.2, 0) is 14.7 Å². The summed E-state index contributed by atoms with van der Waals surface area (Å²) in [6, 6.07) is 0.230. The molecule has 2 aliphatic heterocycles. The van der Waals surface area contributed by atoms with E-state index in [-0.39, 0.29) is 12.1 Å². The minimum absolute atomic E-state index is 0.152. The second-order valence-electron chi connectivity index (χ2n) is 4.43. The number of rotatable bonds is 2. The summed E-state index contributed by atoms with van der Waals surface area (Å²) in [6.45, 7) is 1.81. The van der Waals surface area contributed by atoms with Crippen LogP contribution in [0.2, 0.25) is 0 Å². The lowest BCUT2D eigenvalue weighted by Gasteiger charge is -2.34. The van der Waals surface area contributed by atoms with Crippen molar-refractivity contribution in [1.82, 2.24) is 4.90 Å². The van der Waals surface area contributed by atoms with Gasteiger partial charge in [-0.15, -0.1) is 0 Å². The van der Waals surface area contributed by atoms with Crippen molar-refractivity contribution in [3.63, 3.8) is 0 Å². The molecule has 5 nitrogen and oxygen atoms in total. The number of likely N-dealkylation sites (tertiary alicyclic amines) is 1. The molecule has 0 amide bonds. The van der Waals surface area contributed by atoms with Crippen molar-refractivity contribution < 1.29 is 13.3 Å². The first-order valence-corrected chi connectivity index (χ1v) is 7.23. The molecule has 0 radical (unpaired) electrons. The van der Waals surface area contributed by atoms with Gasteiger partial charge in [0.2, 0.25) is 0 Å². The minimum Gasteiger partial charge on any atom is -0.301 e. The number of nitrogens with two attached hydrogens (primary N) is 1. The zero-order chi connectivity index (χ0) is 10.9. The van der Waals surface area contributed by atoms with Gasteiger partial charge in [-0.3, -0.25) is 4.90 Å². The van der Waals surface area contributed by atoms with E-state index < -0.39 is 9.84 Å². The summed E-state index contributed by atoms with van der Waals surface area (Å²) in [5.41, 5.74) is 0. The van der Waals surface area contributed by atoms with Crippen LogP contribution in [0, 0.1) is 0 Å². The fourth-order valence-electron chi connectivity index (χ4n) is 2.44. The molecular weight excluding hydrogens is 216 g/mol. The first-order valence-electron chi connectivity index (χ1n) is 5.41. The Morgan fingerprint density at radius 1 is 1.20 bits per heavy atom. The van der Waals surface area contributed by atoms with Crippen molar-refractivity contribution in [3.8, 4) is 0 Å². The van der Waals surface area contributed by atoms with Gasteiger partial charge in [-0.25, -0.2) is 14.3 Å². The van der Waals surface area contributed by atoms with Crippen LogP contribution in [0.15, 0.2) is 0 Å². The van der Waals surface area contributed by atoms with Crippen LogP contribution in [0.3, 0.4) is 0 Å². The predicted octanol–water partition coefficient (Wildman–Crippen LogP) is -0.472. The molecule has 0 saturated carbocycles. The van der Waals surface area contributed by atoms with Gasteiger partial charge in [-0.1, -0.05) is 0 Å². The summed E-state index contributed by atoms with van der Waals surface area (Å²) >= 11 is 0. The van der Waals surface area contributed by atoms with Gasteiger partial charge in [0, 0.05) is 19.1 Å².